The summed E-state index contributed by atoms with van der Waals surface area (Å²) in [6.45, 7) is 0.347. The van der Waals surface area contributed by atoms with Gasteiger partial charge < -0.3 is 4.42 Å². The second kappa shape index (κ2) is 8.19. The van der Waals surface area contributed by atoms with Crippen LogP contribution < -0.4 is 5.32 Å². The largest absolute Gasteiger partial charge is 0.407 e. The van der Waals surface area contributed by atoms with Crippen LogP contribution >= 0.6 is 11.8 Å². The third-order valence-corrected chi connectivity index (χ3v) is 6.27. The number of sulfonamides is 1. The molecular formula is C16H20N4O4S2. The van der Waals surface area contributed by atoms with Crippen molar-refractivity contribution in [1.29, 1.82) is 0 Å². The van der Waals surface area contributed by atoms with E-state index in [1.807, 2.05) is 30.3 Å². The normalized spacial score (nSPS) is 18.6. The average Bonchev–Trinajstić information content (AvgIpc) is 3.07. The monoisotopic (exact) mass is 396 g/mol. The third kappa shape index (κ3) is 4.83. The van der Waals surface area contributed by atoms with E-state index >= 15 is 0 Å². The molecule has 8 nitrogen and oxygen atoms in total. The quantitative estimate of drug-likeness (QED) is 0.746. The molecule has 1 aromatic heterocycles. The molecule has 0 aliphatic carbocycles. The fourth-order valence-electron chi connectivity index (χ4n) is 2.78. The highest BCUT2D eigenvalue weighted by Gasteiger charge is 2.35. The summed E-state index contributed by atoms with van der Waals surface area (Å²) < 4.78 is 30.4. The Balaban J connectivity index is 1.60. The second-order valence-corrected chi connectivity index (χ2v) is 8.96. The van der Waals surface area contributed by atoms with Crippen molar-refractivity contribution in [3.05, 3.63) is 36.2 Å². The average molecular weight is 396 g/mol. The van der Waals surface area contributed by atoms with E-state index in [0.717, 1.165) is 24.0 Å². The fourth-order valence-corrected chi connectivity index (χ4v) is 4.66. The van der Waals surface area contributed by atoms with Gasteiger partial charge in [-0.3, -0.25) is 10.1 Å². The van der Waals surface area contributed by atoms with Crippen molar-refractivity contribution in [3.8, 4) is 0 Å². The Hall–Kier alpha value is -1.91. The molecule has 1 N–H and O–H groups in total. The molecule has 10 heteroatoms. The van der Waals surface area contributed by atoms with E-state index in [-0.39, 0.29) is 6.01 Å². The van der Waals surface area contributed by atoms with Gasteiger partial charge in [-0.25, -0.2) is 8.42 Å². The highest BCUT2D eigenvalue weighted by atomic mass is 32.2. The predicted octanol–water partition coefficient (Wildman–Crippen LogP) is 2.11. The second-order valence-electron chi connectivity index (χ2n) is 5.98. The Labute approximate surface area is 156 Å². The van der Waals surface area contributed by atoms with E-state index in [0.29, 0.717) is 24.6 Å². The fraction of sp³-hybridized carbons (Fsp3) is 0.438. The number of hydrogen-bond donors (Lipinski definition) is 1. The molecule has 0 radical (unpaired) electrons. The van der Waals surface area contributed by atoms with E-state index in [2.05, 4.69) is 15.5 Å². The minimum atomic E-state index is -3.44. The van der Waals surface area contributed by atoms with E-state index in [9.17, 15) is 13.2 Å². The minimum absolute atomic E-state index is 0.0160. The number of thioether (sulfide) groups is 1. The molecule has 2 aromatic rings. The van der Waals surface area contributed by atoms with Gasteiger partial charge in [0.1, 0.15) is 6.04 Å². The molecule has 0 bridgehead atoms. The van der Waals surface area contributed by atoms with Crippen LogP contribution in [0.15, 0.2) is 39.6 Å². The van der Waals surface area contributed by atoms with Crippen molar-refractivity contribution in [2.24, 2.45) is 0 Å². The van der Waals surface area contributed by atoms with Crippen LogP contribution in [0.5, 0.6) is 0 Å². The first-order valence-electron chi connectivity index (χ1n) is 8.21. The van der Waals surface area contributed by atoms with E-state index in [4.69, 9.17) is 4.42 Å². The van der Waals surface area contributed by atoms with Crippen molar-refractivity contribution >= 4 is 33.7 Å². The summed E-state index contributed by atoms with van der Waals surface area (Å²) in [7, 11) is -3.44. The summed E-state index contributed by atoms with van der Waals surface area (Å²) in [5, 5.41) is 10.3. The van der Waals surface area contributed by atoms with E-state index in [1.165, 1.54) is 4.31 Å². The van der Waals surface area contributed by atoms with Gasteiger partial charge in [-0.15, -0.1) is 16.9 Å². The van der Waals surface area contributed by atoms with Gasteiger partial charge in [0.25, 0.3) is 0 Å². The smallest absolute Gasteiger partial charge is 0.322 e. The zero-order valence-electron chi connectivity index (χ0n) is 14.3. The number of nitrogens with zero attached hydrogens (tertiary/aromatic N) is 3. The maximum atomic E-state index is 12.5. The number of nitrogens with one attached hydrogen (secondary N) is 1. The molecule has 1 atom stereocenters. The lowest BCUT2D eigenvalue weighted by Gasteiger charge is -2.32. The standard InChI is InChI=1S/C16H20N4O4S2/c1-26(22,23)20-10-6-5-9-13(20)15(21)17-16-19-18-14(24-16)11-25-12-7-3-2-4-8-12/h2-4,7-8,13H,5-6,9-11H2,1H3,(H,17,19,21). The number of aromatic nitrogens is 2. The Bertz CT molecular complexity index is 854. The lowest BCUT2D eigenvalue weighted by Crippen LogP contribution is -2.49. The molecule has 1 amide bonds. The Morgan fingerprint density at radius 1 is 1.31 bits per heavy atom. The summed E-state index contributed by atoms with van der Waals surface area (Å²) in [4.78, 5) is 13.5. The number of carbonyl (C=O) groups is 1. The number of rotatable bonds is 6. The first-order chi connectivity index (χ1) is 12.4. The Morgan fingerprint density at radius 2 is 2.08 bits per heavy atom. The SMILES string of the molecule is CS(=O)(=O)N1CCCCC1C(=O)Nc1nnc(CSc2ccccc2)o1. The maximum absolute atomic E-state index is 12.5. The molecule has 0 saturated carbocycles. The first kappa shape index (κ1) is 18.9. The maximum Gasteiger partial charge on any atom is 0.322 e. The summed E-state index contributed by atoms with van der Waals surface area (Å²) in [5.41, 5.74) is 0. The van der Waals surface area contributed by atoms with Gasteiger partial charge >= 0.3 is 6.01 Å². The number of amides is 1. The number of carbonyl (C=O) groups excluding carboxylic acids is 1. The molecular weight excluding hydrogens is 376 g/mol. The number of hydrogen-bond acceptors (Lipinski definition) is 7. The summed E-state index contributed by atoms with van der Waals surface area (Å²) >= 11 is 1.54. The summed E-state index contributed by atoms with van der Waals surface area (Å²) in [5.74, 6) is 0.421. The number of piperidine rings is 1. The van der Waals surface area contributed by atoms with Crippen LogP contribution in [-0.2, 0) is 20.6 Å². The Morgan fingerprint density at radius 3 is 2.81 bits per heavy atom. The first-order valence-corrected chi connectivity index (χ1v) is 11.0. The van der Waals surface area contributed by atoms with Crippen LogP contribution in [0, 0.1) is 0 Å². The summed E-state index contributed by atoms with van der Waals surface area (Å²) in [6.07, 6.45) is 3.14. The van der Waals surface area contributed by atoms with Crippen molar-refractivity contribution in [3.63, 3.8) is 0 Å². The predicted molar refractivity (Wildman–Crippen MR) is 98.1 cm³/mol. The van der Waals surface area contributed by atoms with Crippen molar-refractivity contribution in [2.75, 3.05) is 18.1 Å². The van der Waals surface area contributed by atoms with Crippen LogP contribution in [0.2, 0.25) is 0 Å². The molecule has 0 spiro atoms. The third-order valence-electron chi connectivity index (χ3n) is 3.98. The topological polar surface area (TPSA) is 105 Å². The van der Waals surface area contributed by atoms with Crippen molar-refractivity contribution < 1.29 is 17.6 Å². The molecule has 2 heterocycles. The Kier molecular flexibility index (Phi) is 5.94. The highest BCUT2D eigenvalue weighted by molar-refractivity contribution is 7.98. The molecule has 1 fully saturated rings. The van der Waals surface area contributed by atoms with E-state index < -0.39 is 22.0 Å². The van der Waals surface area contributed by atoms with Crippen LogP contribution in [0.25, 0.3) is 0 Å². The lowest BCUT2D eigenvalue weighted by atomic mass is 10.0. The molecule has 1 aromatic carbocycles. The van der Waals surface area contributed by atoms with Crippen LogP contribution in [-0.4, -0.2) is 47.7 Å². The molecule has 140 valence electrons. The van der Waals surface area contributed by atoms with Crippen LogP contribution in [0.1, 0.15) is 25.2 Å². The van der Waals surface area contributed by atoms with Crippen molar-refractivity contribution in [2.45, 2.75) is 36.0 Å². The van der Waals surface area contributed by atoms with Gasteiger partial charge in [-0.1, -0.05) is 29.7 Å². The molecule has 3 rings (SSSR count). The lowest BCUT2D eigenvalue weighted by molar-refractivity contribution is -0.120. The van der Waals surface area contributed by atoms with Crippen molar-refractivity contribution in [1.82, 2.24) is 14.5 Å². The molecule has 1 saturated heterocycles. The van der Waals surface area contributed by atoms with Gasteiger partial charge in [0, 0.05) is 11.4 Å². The van der Waals surface area contributed by atoms with Gasteiger partial charge in [0.2, 0.25) is 21.8 Å². The molecule has 26 heavy (non-hydrogen) atoms. The van der Waals surface area contributed by atoms with Gasteiger partial charge in [-0.2, -0.15) is 4.31 Å². The zero-order valence-corrected chi connectivity index (χ0v) is 15.9. The summed E-state index contributed by atoms with van der Waals surface area (Å²) in [6, 6.07) is 9.03. The van der Waals surface area contributed by atoms with Gasteiger partial charge in [0.15, 0.2) is 0 Å². The number of anilines is 1. The van der Waals surface area contributed by atoms with E-state index in [1.54, 1.807) is 11.8 Å². The molecule has 1 unspecified atom stereocenters. The minimum Gasteiger partial charge on any atom is -0.407 e. The zero-order chi connectivity index (χ0) is 18.6. The van der Waals surface area contributed by atoms with Gasteiger partial charge in [-0.05, 0) is 25.0 Å². The van der Waals surface area contributed by atoms with Crippen LogP contribution in [0.4, 0.5) is 6.01 Å². The van der Waals surface area contributed by atoms with Crippen LogP contribution in [0.3, 0.4) is 0 Å². The highest BCUT2D eigenvalue weighted by Crippen LogP contribution is 2.23. The molecule has 1 aliphatic rings. The number of benzene rings is 1. The molecule has 1 aliphatic heterocycles. The van der Waals surface area contributed by atoms with Gasteiger partial charge in [0.05, 0.1) is 12.0 Å².